The van der Waals surface area contributed by atoms with E-state index in [0.29, 0.717) is 18.1 Å². The van der Waals surface area contributed by atoms with E-state index in [9.17, 15) is 4.79 Å². The number of nitrogens with zero attached hydrogens (tertiary/aromatic N) is 2. The zero-order valence-corrected chi connectivity index (χ0v) is 9.00. The van der Waals surface area contributed by atoms with Crippen LogP contribution in [-0.4, -0.2) is 17.4 Å². The van der Waals surface area contributed by atoms with E-state index < -0.39 is 0 Å². The Morgan fingerprint density at radius 2 is 2.33 bits per heavy atom. The topological polar surface area (TPSA) is 78.9 Å². The zero-order valence-electron chi connectivity index (χ0n) is 9.00. The van der Waals surface area contributed by atoms with Gasteiger partial charge in [-0.2, -0.15) is 5.26 Å². The first kappa shape index (κ1) is 11.2. The van der Waals surface area contributed by atoms with Crippen molar-refractivity contribution in [2.75, 3.05) is 6.54 Å². The van der Waals surface area contributed by atoms with Gasteiger partial charge >= 0.3 is 0 Å². The molecule has 0 aliphatic carbocycles. The van der Waals surface area contributed by atoms with Crippen LogP contribution in [0.4, 0.5) is 0 Å². The van der Waals surface area contributed by atoms with Crippen LogP contribution in [0.15, 0.2) is 4.42 Å². The Morgan fingerprint density at radius 1 is 1.67 bits per heavy atom. The van der Waals surface area contributed by atoms with Gasteiger partial charge in [-0.3, -0.25) is 4.79 Å². The number of oxazole rings is 1. The Bertz CT molecular complexity index is 403. The van der Waals surface area contributed by atoms with Gasteiger partial charge in [0.05, 0.1) is 17.7 Å². The molecule has 0 aliphatic rings. The van der Waals surface area contributed by atoms with Gasteiger partial charge < -0.3 is 9.73 Å². The Hall–Kier alpha value is -1.83. The summed E-state index contributed by atoms with van der Waals surface area (Å²) in [6.07, 6.45) is 0. The summed E-state index contributed by atoms with van der Waals surface area (Å²) in [5, 5.41) is 11.1. The number of carbonyl (C=O) groups excluding carboxylic acids is 1. The fourth-order valence-corrected chi connectivity index (χ4v) is 1.11. The highest BCUT2D eigenvalue weighted by Gasteiger charge is 2.15. The monoisotopic (exact) mass is 207 g/mol. The molecule has 1 unspecified atom stereocenters. The lowest BCUT2D eigenvalue weighted by molar-refractivity contribution is 0.0921. The predicted octanol–water partition coefficient (Wildman–Crippen LogP) is 1.18. The summed E-state index contributed by atoms with van der Waals surface area (Å²) >= 11 is 0. The lowest BCUT2D eigenvalue weighted by Crippen LogP contribution is -2.27. The number of aryl methyl sites for hydroxylation is 2. The summed E-state index contributed by atoms with van der Waals surface area (Å²) in [6.45, 7) is 5.44. The molecule has 0 bridgehead atoms. The molecule has 1 N–H and O–H groups in total. The molecule has 1 heterocycles. The van der Waals surface area contributed by atoms with E-state index in [1.807, 2.05) is 6.07 Å². The van der Waals surface area contributed by atoms with Crippen LogP contribution in [0.1, 0.15) is 29.1 Å². The van der Waals surface area contributed by atoms with Gasteiger partial charge in [0.15, 0.2) is 5.89 Å². The van der Waals surface area contributed by atoms with Crippen molar-refractivity contribution in [2.45, 2.75) is 20.8 Å². The highest BCUT2D eigenvalue weighted by molar-refractivity contribution is 5.92. The van der Waals surface area contributed by atoms with Crippen LogP contribution in [0.25, 0.3) is 0 Å². The number of nitrogens with one attached hydrogen (secondary N) is 1. The molecule has 5 heteroatoms. The van der Waals surface area contributed by atoms with Crippen LogP contribution in [0.3, 0.4) is 0 Å². The first-order valence-corrected chi connectivity index (χ1v) is 4.66. The maximum atomic E-state index is 11.5. The Kier molecular flexibility index (Phi) is 3.45. The highest BCUT2D eigenvalue weighted by atomic mass is 16.4. The summed E-state index contributed by atoms with van der Waals surface area (Å²) in [5.41, 5.74) is 0.564. The van der Waals surface area contributed by atoms with E-state index in [-0.39, 0.29) is 17.6 Å². The molecule has 0 aromatic carbocycles. The largest absolute Gasteiger partial charge is 0.436 e. The Labute approximate surface area is 88.1 Å². The van der Waals surface area contributed by atoms with E-state index >= 15 is 0 Å². The van der Waals surface area contributed by atoms with Crippen LogP contribution in [0.2, 0.25) is 0 Å². The second kappa shape index (κ2) is 4.60. The minimum absolute atomic E-state index is 0.210. The van der Waals surface area contributed by atoms with Gasteiger partial charge in [-0.1, -0.05) is 0 Å². The molecule has 15 heavy (non-hydrogen) atoms. The summed E-state index contributed by atoms with van der Waals surface area (Å²) in [6, 6.07) is 2.03. The summed E-state index contributed by atoms with van der Waals surface area (Å²) in [7, 11) is 0. The number of amides is 1. The van der Waals surface area contributed by atoms with Gasteiger partial charge in [0, 0.05) is 13.5 Å². The average Bonchev–Trinajstić information content (AvgIpc) is 2.53. The van der Waals surface area contributed by atoms with Crippen LogP contribution in [0.5, 0.6) is 0 Å². The molecular weight excluding hydrogens is 194 g/mol. The van der Waals surface area contributed by atoms with E-state index in [1.54, 1.807) is 20.8 Å². The van der Waals surface area contributed by atoms with Crippen molar-refractivity contribution in [3.05, 3.63) is 17.3 Å². The summed E-state index contributed by atoms with van der Waals surface area (Å²) in [4.78, 5) is 15.5. The third-order valence-corrected chi connectivity index (χ3v) is 1.90. The number of nitriles is 1. The van der Waals surface area contributed by atoms with Crippen molar-refractivity contribution in [2.24, 2.45) is 5.92 Å². The quantitative estimate of drug-likeness (QED) is 0.807. The molecule has 1 atom stereocenters. The minimum Gasteiger partial charge on any atom is -0.436 e. The zero-order chi connectivity index (χ0) is 11.4. The molecule has 1 aromatic heterocycles. The summed E-state index contributed by atoms with van der Waals surface area (Å²) < 4.78 is 5.14. The number of carbonyl (C=O) groups is 1. The standard InChI is InChI=1S/C10H13N3O2/c1-6(4-11)5-12-10(14)9-7(2)13-8(3)15-9/h6H,5H2,1-3H3,(H,12,14). The molecule has 0 fully saturated rings. The Balaban J connectivity index is 2.62. The van der Waals surface area contributed by atoms with Gasteiger partial charge in [-0.15, -0.1) is 0 Å². The molecule has 0 aliphatic heterocycles. The number of rotatable bonds is 3. The van der Waals surface area contributed by atoms with E-state index in [1.165, 1.54) is 0 Å². The van der Waals surface area contributed by atoms with Crippen molar-refractivity contribution >= 4 is 5.91 Å². The maximum Gasteiger partial charge on any atom is 0.289 e. The van der Waals surface area contributed by atoms with Gasteiger partial charge in [0.1, 0.15) is 0 Å². The molecule has 80 valence electrons. The molecule has 1 amide bonds. The van der Waals surface area contributed by atoms with Gasteiger partial charge in [0.2, 0.25) is 5.76 Å². The van der Waals surface area contributed by atoms with Crippen molar-refractivity contribution in [1.82, 2.24) is 10.3 Å². The predicted molar refractivity (Wildman–Crippen MR) is 53.1 cm³/mol. The summed E-state index contributed by atoms with van der Waals surface area (Å²) in [5.74, 6) is 0.150. The van der Waals surface area contributed by atoms with Crippen LogP contribution >= 0.6 is 0 Å². The molecule has 0 radical (unpaired) electrons. The molecule has 0 saturated heterocycles. The van der Waals surface area contributed by atoms with Crippen LogP contribution < -0.4 is 5.32 Å². The molecule has 0 spiro atoms. The first-order valence-electron chi connectivity index (χ1n) is 4.66. The smallest absolute Gasteiger partial charge is 0.289 e. The van der Waals surface area contributed by atoms with Gasteiger partial charge in [0.25, 0.3) is 5.91 Å². The normalized spacial score (nSPS) is 11.9. The lowest BCUT2D eigenvalue weighted by Gasteiger charge is -2.03. The molecule has 1 aromatic rings. The fraction of sp³-hybridized carbons (Fsp3) is 0.500. The second-order valence-electron chi connectivity index (χ2n) is 3.39. The number of hydrogen-bond donors (Lipinski definition) is 1. The Morgan fingerprint density at radius 3 is 2.80 bits per heavy atom. The minimum atomic E-state index is -0.324. The lowest BCUT2D eigenvalue weighted by atomic mass is 10.2. The third-order valence-electron chi connectivity index (χ3n) is 1.90. The highest BCUT2D eigenvalue weighted by Crippen LogP contribution is 2.08. The molecule has 5 nitrogen and oxygen atoms in total. The number of hydrogen-bond acceptors (Lipinski definition) is 4. The van der Waals surface area contributed by atoms with Crippen molar-refractivity contribution in [3.63, 3.8) is 0 Å². The number of aromatic nitrogens is 1. The van der Waals surface area contributed by atoms with E-state index in [2.05, 4.69) is 10.3 Å². The fourth-order valence-electron chi connectivity index (χ4n) is 1.11. The first-order chi connectivity index (χ1) is 7.04. The maximum absolute atomic E-state index is 11.5. The molecule has 0 saturated carbocycles. The van der Waals surface area contributed by atoms with Crippen molar-refractivity contribution in [3.8, 4) is 6.07 Å². The van der Waals surface area contributed by atoms with Crippen LogP contribution in [0, 0.1) is 31.1 Å². The SMILES string of the molecule is Cc1nc(C)c(C(=O)NCC(C)C#N)o1. The van der Waals surface area contributed by atoms with Gasteiger partial charge in [-0.25, -0.2) is 4.98 Å². The molecular formula is C10H13N3O2. The second-order valence-corrected chi connectivity index (χ2v) is 3.39. The van der Waals surface area contributed by atoms with Crippen LogP contribution in [-0.2, 0) is 0 Å². The van der Waals surface area contributed by atoms with Gasteiger partial charge in [-0.05, 0) is 13.8 Å². The van der Waals surface area contributed by atoms with Crippen molar-refractivity contribution < 1.29 is 9.21 Å². The molecule has 1 rings (SSSR count). The van der Waals surface area contributed by atoms with Crippen molar-refractivity contribution in [1.29, 1.82) is 5.26 Å². The average molecular weight is 207 g/mol. The van der Waals surface area contributed by atoms with E-state index in [0.717, 1.165) is 0 Å². The third kappa shape index (κ3) is 2.81. The van der Waals surface area contributed by atoms with E-state index in [4.69, 9.17) is 9.68 Å².